The molecule has 24 heavy (non-hydrogen) atoms. The van der Waals surface area contributed by atoms with Crippen LogP contribution in [0, 0.1) is 0 Å². The number of nitrogens with one attached hydrogen (secondary N) is 1. The van der Waals surface area contributed by atoms with E-state index in [0.717, 1.165) is 15.6 Å². The van der Waals surface area contributed by atoms with Crippen LogP contribution in [0.1, 0.15) is 21.5 Å². The zero-order chi connectivity index (χ0) is 16.8. The first-order valence-electron chi connectivity index (χ1n) is 7.33. The van der Waals surface area contributed by atoms with E-state index in [2.05, 4.69) is 31.4 Å². The highest BCUT2D eigenvalue weighted by molar-refractivity contribution is 9.10. The van der Waals surface area contributed by atoms with Crippen LogP contribution in [-0.4, -0.2) is 16.6 Å². The summed E-state index contributed by atoms with van der Waals surface area (Å²) in [7, 11) is 0. The second kappa shape index (κ2) is 7.66. The van der Waals surface area contributed by atoms with Crippen molar-refractivity contribution in [3.8, 4) is 0 Å². The third-order valence-electron chi connectivity index (χ3n) is 3.36. The van der Waals surface area contributed by atoms with Crippen molar-refractivity contribution in [2.24, 2.45) is 5.10 Å². The topological polar surface area (TPSA) is 54.4 Å². The Kier molecular flexibility index (Phi) is 5.13. The SMILES string of the molecule is O=C(NN=C(c1ccccc1)c1ccc(Br)cc1)c1cccnc1. The van der Waals surface area contributed by atoms with Gasteiger partial charge in [-0.25, -0.2) is 5.43 Å². The number of rotatable bonds is 4. The fourth-order valence-corrected chi connectivity index (χ4v) is 2.43. The molecule has 0 aliphatic rings. The summed E-state index contributed by atoms with van der Waals surface area (Å²) in [4.78, 5) is 16.1. The number of hydrazone groups is 1. The number of carbonyl (C=O) groups is 1. The Balaban J connectivity index is 1.93. The number of hydrogen-bond acceptors (Lipinski definition) is 3. The standard InChI is InChI=1S/C19H14BrN3O/c20-17-10-8-15(9-11-17)18(14-5-2-1-3-6-14)22-23-19(24)16-7-4-12-21-13-16/h1-13H,(H,23,24). The molecule has 0 aliphatic heterocycles. The van der Waals surface area contributed by atoms with Gasteiger partial charge in [-0.15, -0.1) is 0 Å². The molecule has 2 aromatic carbocycles. The van der Waals surface area contributed by atoms with Gasteiger partial charge < -0.3 is 0 Å². The Morgan fingerprint density at radius 2 is 1.54 bits per heavy atom. The minimum atomic E-state index is -0.298. The number of nitrogens with zero attached hydrogens (tertiary/aromatic N) is 2. The maximum Gasteiger partial charge on any atom is 0.272 e. The molecule has 0 saturated heterocycles. The van der Waals surface area contributed by atoms with Crippen molar-refractivity contribution >= 4 is 27.5 Å². The van der Waals surface area contributed by atoms with Gasteiger partial charge in [-0.1, -0.05) is 58.4 Å². The van der Waals surface area contributed by atoms with Crippen LogP contribution in [0.15, 0.2) is 88.7 Å². The van der Waals surface area contributed by atoms with Crippen molar-refractivity contribution in [3.63, 3.8) is 0 Å². The van der Waals surface area contributed by atoms with Gasteiger partial charge in [-0.3, -0.25) is 9.78 Å². The molecule has 0 spiro atoms. The molecule has 0 bridgehead atoms. The highest BCUT2D eigenvalue weighted by Gasteiger charge is 2.09. The molecule has 3 aromatic rings. The Morgan fingerprint density at radius 3 is 2.21 bits per heavy atom. The van der Waals surface area contributed by atoms with Crippen LogP contribution in [-0.2, 0) is 0 Å². The molecular formula is C19H14BrN3O. The van der Waals surface area contributed by atoms with Crippen molar-refractivity contribution < 1.29 is 4.79 Å². The lowest BCUT2D eigenvalue weighted by atomic mass is 10.0. The van der Waals surface area contributed by atoms with Gasteiger partial charge in [0.2, 0.25) is 0 Å². The van der Waals surface area contributed by atoms with Crippen LogP contribution in [0.3, 0.4) is 0 Å². The molecule has 0 radical (unpaired) electrons. The molecule has 0 aliphatic carbocycles. The predicted octanol–water partition coefficient (Wildman–Crippen LogP) is 4.03. The van der Waals surface area contributed by atoms with Gasteiger partial charge in [0, 0.05) is 28.0 Å². The first-order valence-corrected chi connectivity index (χ1v) is 8.13. The Labute approximate surface area is 148 Å². The molecule has 1 aromatic heterocycles. The summed E-state index contributed by atoms with van der Waals surface area (Å²) in [6.45, 7) is 0. The largest absolute Gasteiger partial charge is 0.272 e. The first kappa shape index (κ1) is 16.1. The molecule has 5 heteroatoms. The van der Waals surface area contributed by atoms with E-state index in [4.69, 9.17) is 0 Å². The third kappa shape index (κ3) is 3.94. The predicted molar refractivity (Wildman–Crippen MR) is 97.9 cm³/mol. The summed E-state index contributed by atoms with van der Waals surface area (Å²) in [5, 5.41) is 4.34. The zero-order valence-corrected chi connectivity index (χ0v) is 14.3. The summed E-state index contributed by atoms with van der Waals surface area (Å²) < 4.78 is 0.984. The van der Waals surface area contributed by atoms with Crippen molar-refractivity contribution in [2.45, 2.75) is 0 Å². The Bertz CT molecular complexity index is 847. The monoisotopic (exact) mass is 379 g/mol. The molecule has 4 nitrogen and oxygen atoms in total. The molecule has 118 valence electrons. The maximum atomic E-state index is 12.2. The molecule has 1 heterocycles. The van der Waals surface area contributed by atoms with E-state index in [1.165, 1.54) is 6.20 Å². The number of aromatic nitrogens is 1. The van der Waals surface area contributed by atoms with Gasteiger partial charge in [-0.2, -0.15) is 5.10 Å². The van der Waals surface area contributed by atoms with E-state index in [0.29, 0.717) is 11.3 Å². The van der Waals surface area contributed by atoms with Gasteiger partial charge in [0.15, 0.2) is 0 Å². The van der Waals surface area contributed by atoms with Gasteiger partial charge in [0.05, 0.1) is 11.3 Å². The lowest BCUT2D eigenvalue weighted by Gasteiger charge is -2.08. The van der Waals surface area contributed by atoms with Crippen LogP contribution < -0.4 is 5.43 Å². The number of halogens is 1. The quantitative estimate of drug-likeness (QED) is 0.549. The van der Waals surface area contributed by atoms with E-state index < -0.39 is 0 Å². The first-order chi connectivity index (χ1) is 11.7. The van der Waals surface area contributed by atoms with Crippen molar-refractivity contribution in [1.29, 1.82) is 0 Å². The summed E-state index contributed by atoms with van der Waals surface area (Å²) in [6, 6.07) is 20.9. The molecule has 0 saturated carbocycles. The molecule has 1 amide bonds. The lowest BCUT2D eigenvalue weighted by molar-refractivity contribution is 0.0954. The van der Waals surface area contributed by atoms with Crippen LogP contribution in [0.25, 0.3) is 0 Å². The van der Waals surface area contributed by atoms with Crippen LogP contribution >= 0.6 is 15.9 Å². The third-order valence-corrected chi connectivity index (χ3v) is 3.89. The van der Waals surface area contributed by atoms with Gasteiger partial charge >= 0.3 is 0 Å². The number of amides is 1. The van der Waals surface area contributed by atoms with Gasteiger partial charge in [0.1, 0.15) is 0 Å². The average Bonchev–Trinajstić information content (AvgIpc) is 2.65. The normalized spacial score (nSPS) is 11.1. The number of carbonyl (C=O) groups excluding carboxylic acids is 1. The van der Waals surface area contributed by atoms with Gasteiger partial charge in [0.25, 0.3) is 5.91 Å². The second-order valence-electron chi connectivity index (χ2n) is 5.02. The minimum Gasteiger partial charge on any atom is -0.267 e. The Morgan fingerprint density at radius 1 is 0.875 bits per heavy atom. The Hall–Kier alpha value is -2.79. The number of pyridine rings is 1. The summed E-state index contributed by atoms with van der Waals surface area (Å²) in [5.41, 5.74) is 5.60. The number of hydrogen-bond donors (Lipinski definition) is 1. The van der Waals surface area contributed by atoms with Gasteiger partial charge in [-0.05, 0) is 24.3 Å². The smallest absolute Gasteiger partial charge is 0.267 e. The van der Waals surface area contributed by atoms with E-state index in [9.17, 15) is 4.79 Å². The van der Waals surface area contributed by atoms with Crippen molar-refractivity contribution in [2.75, 3.05) is 0 Å². The maximum absolute atomic E-state index is 12.2. The van der Waals surface area contributed by atoms with E-state index in [-0.39, 0.29) is 5.91 Å². The zero-order valence-electron chi connectivity index (χ0n) is 12.7. The summed E-state index contributed by atoms with van der Waals surface area (Å²) in [5.74, 6) is -0.298. The summed E-state index contributed by atoms with van der Waals surface area (Å²) in [6.07, 6.45) is 3.13. The van der Waals surface area contributed by atoms with Crippen LogP contribution in [0.4, 0.5) is 0 Å². The fraction of sp³-hybridized carbons (Fsp3) is 0. The van der Waals surface area contributed by atoms with Crippen molar-refractivity contribution in [3.05, 3.63) is 100 Å². The highest BCUT2D eigenvalue weighted by Crippen LogP contribution is 2.15. The van der Waals surface area contributed by atoms with Crippen LogP contribution in [0.2, 0.25) is 0 Å². The van der Waals surface area contributed by atoms with Crippen LogP contribution in [0.5, 0.6) is 0 Å². The molecule has 0 atom stereocenters. The van der Waals surface area contributed by atoms with E-state index in [1.54, 1.807) is 18.3 Å². The second-order valence-corrected chi connectivity index (χ2v) is 5.93. The molecule has 1 N–H and O–H groups in total. The fourth-order valence-electron chi connectivity index (χ4n) is 2.17. The molecule has 3 rings (SSSR count). The average molecular weight is 380 g/mol. The summed E-state index contributed by atoms with van der Waals surface area (Å²) >= 11 is 3.43. The minimum absolute atomic E-state index is 0.298. The number of benzene rings is 2. The lowest BCUT2D eigenvalue weighted by Crippen LogP contribution is -2.20. The highest BCUT2D eigenvalue weighted by atomic mass is 79.9. The van der Waals surface area contributed by atoms with Crippen molar-refractivity contribution in [1.82, 2.24) is 10.4 Å². The van der Waals surface area contributed by atoms with E-state index in [1.807, 2.05) is 54.6 Å². The molecule has 0 fully saturated rings. The molecular weight excluding hydrogens is 366 g/mol. The molecule has 0 unspecified atom stereocenters. The van der Waals surface area contributed by atoms with E-state index >= 15 is 0 Å².